The maximum absolute atomic E-state index is 5.32. The standard InChI is InChI=1S/C16H24BrN3O/c1-3-21-11-10-19-15(18-2)20-12-16(8-9-16)13-6-4-5-7-14(13)17/h4-7H,3,8-12H2,1-2H3,(H2,18,19,20). The zero-order chi connectivity index (χ0) is 15.1. The molecule has 116 valence electrons. The second-order valence-electron chi connectivity index (χ2n) is 5.31. The van der Waals surface area contributed by atoms with Crippen molar-refractivity contribution in [2.45, 2.75) is 25.2 Å². The Morgan fingerprint density at radius 3 is 2.71 bits per heavy atom. The number of benzene rings is 1. The minimum absolute atomic E-state index is 0.248. The minimum Gasteiger partial charge on any atom is -0.380 e. The molecule has 0 radical (unpaired) electrons. The fourth-order valence-electron chi connectivity index (χ4n) is 2.44. The van der Waals surface area contributed by atoms with E-state index in [2.05, 4.69) is 55.8 Å². The monoisotopic (exact) mass is 353 g/mol. The van der Waals surface area contributed by atoms with Crippen LogP contribution < -0.4 is 10.6 Å². The van der Waals surface area contributed by atoms with Crippen LogP contribution in [0.15, 0.2) is 33.7 Å². The SMILES string of the molecule is CCOCCNC(=NC)NCC1(c2ccccc2Br)CC1. The van der Waals surface area contributed by atoms with Crippen molar-refractivity contribution in [1.29, 1.82) is 0 Å². The van der Waals surface area contributed by atoms with E-state index >= 15 is 0 Å². The van der Waals surface area contributed by atoms with E-state index in [0.29, 0.717) is 6.61 Å². The summed E-state index contributed by atoms with van der Waals surface area (Å²) >= 11 is 3.67. The molecule has 5 heteroatoms. The van der Waals surface area contributed by atoms with E-state index in [1.165, 1.54) is 22.9 Å². The highest BCUT2D eigenvalue weighted by molar-refractivity contribution is 9.10. The minimum atomic E-state index is 0.248. The van der Waals surface area contributed by atoms with Crippen LogP contribution in [-0.2, 0) is 10.2 Å². The lowest BCUT2D eigenvalue weighted by Gasteiger charge is -2.20. The first-order valence-corrected chi connectivity index (χ1v) is 8.28. The third kappa shape index (κ3) is 4.45. The predicted octanol–water partition coefficient (Wildman–Crippen LogP) is 2.68. The molecule has 0 heterocycles. The second kappa shape index (κ2) is 7.80. The molecule has 1 aliphatic carbocycles. The maximum atomic E-state index is 5.32. The van der Waals surface area contributed by atoms with Gasteiger partial charge in [0.2, 0.25) is 0 Å². The molecule has 0 bridgehead atoms. The van der Waals surface area contributed by atoms with E-state index in [9.17, 15) is 0 Å². The number of nitrogens with zero attached hydrogens (tertiary/aromatic N) is 1. The third-order valence-electron chi connectivity index (χ3n) is 3.86. The molecule has 1 aromatic carbocycles. The molecule has 1 fully saturated rings. The lowest BCUT2D eigenvalue weighted by molar-refractivity contribution is 0.152. The molecule has 0 saturated heterocycles. The molecule has 0 aliphatic heterocycles. The third-order valence-corrected chi connectivity index (χ3v) is 4.55. The summed E-state index contributed by atoms with van der Waals surface area (Å²) in [6.45, 7) is 5.13. The summed E-state index contributed by atoms with van der Waals surface area (Å²) in [5.74, 6) is 0.841. The molecule has 21 heavy (non-hydrogen) atoms. The summed E-state index contributed by atoms with van der Waals surface area (Å²) < 4.78 is 6.52. The zero-order valence-electron chi connectivity index (χ0n) is 12.8. The Morgan fingerprint density at radius 1 is 1.33 bits per heavy atom. The molecule has 1 aliphatic rings. The van der Waals surface area contributed by atoms with Gasteiger partial charge in [-0.3, -0.25) is 4.99 Å². The quantitative estimate of drug-likeness (QED) is 0.450. The Hall–Kier alpha value is -1.07. The van der Waals surface area contributed by atoms with Crippen molar-refractivity contribution in [3.8, 4) is 0 Å². The second-order valence-corrected chi connectivity index (χ2v) is 6.16. The first kappa shape index (κ1) is 16.3. The van der Waals surface area contributed by atoms with Gasteiger partial charge >= 0.3 is 0 Å². The highest BCUT2D eigenvalue weighted by Gasteiger charge is 2.45. The van der Waals surface area contributed by atoms with Crippen LogP contribution in [0.2, 0.25) is 0 Å². The van der Waals surface area contributed by atoms with E-state index in [4.69, 9.17) is 4.74 Å². The molecular formula is C16H24BrN3O. The van der Waals surface area contributed by atoms with Crippen molar-refractivity contribution in [2.75, 3.05) is 33.4 Å². The average molecular weight is 354 g/mol. The van der Waals surface area contributed by atoms with Gasteiger partial charge in [0.1, 0.15) is 0 Å². The number of halogens is 1. The topological polar surface area (TPSA) is 45.6 Å². The molecule has 1 saturated carbocycles. The average Bonchev–Trinajstić information content (AvgIpc) is 3.28. The number of nitrogens with one attached hydrogen (secondary N) is 2. The van der Waals surface area contributed by atoms with Gasteiger partial charge in [0.05, 0.1) is 6.61 Å². The normalized spacial score (nSPS) is 16.6. The van der Waals surface area contributed by atoms with Crippen LogP contribution in [0.3, 0.4) is 0 Å². The van der Waals surface area contributed by atoms with Gasteiger partial charge < -0.3 is 15.4 Å². The van der Waals surface area contributed by atoms with Crippen molar-refractivity contribution in [3.63, 3.8) is 0 Å². The summed E-state index contributed by atoms with van der Waals surface area (Å²) in [7, 11) is 1.80. The van der Waals surface area contributed by atoms with Gasteiger partial charge in [0.25, 0.3) is 0 Å². The molecule has 2 rings (SSSR count). The van der Waals surface area contributed by atoms with E-state index in [-0.39, 0.29) is 5.41 Å². The van der Waals surface area contributed by atoms with Crippen LogP contribution in [-0.4, -0.2) is 39.3 Å². The van der Waals surface area contributed by atoms with Crippen LogP contribution in [0.5, 0.6) is 0 Å². The van der Waals surface area contributed by atoms with Crippen molar-refractivity contribution < 1.29 is 4.74 Å². The van der Waals surface area contributed by atoms with Crippen molar-refractivity contribution >= 4 is 21.9 Å². The fraction of sp³-hybridized carbons (Fsp3) is 0.562. The molecular weight excluding hydrogens is 330 g/mol. The lowest BCUT2D eigenvalue weighted by atomic mass is 9.96. The Bertz CT molecular complexity index is 486. The number of hydrogen-bond acceptors (Lipinski definition) is 2. The van der Waals surface area contributed by atoms with Crippen LogP contribution in [0.25, 0.3) is 0 Å². The first-order valence-electron chi connectivity index (χ1n) is 7.49. The molecule has 4 nitrogen and oxygen atoms in total. The van der Waals surface area contributed by atoms with Gasteiger partial charge in [0.15, 0.2) is 5.96 Å². The Labute approximate surface area is 135 Å². The first-order chi connectivity index (χ1) is 10.2. The van der Waals surface area contributed by atoms with E-state index in [1.54, 1.807) is 7.05 Å². The maximum Gasteiger partial charge on any atom is 0.191 e. The fourth-order valence-corrected chi connectivity index (χ4v) is 3.15. The molecule has 0 unspecified atom stereocenters. The van der Waals surface area contributed by atoms with Gasteiger partial charge in [-0.05, 0) is 31.4 Å². The molecule has 0 aromatic heterocycles. The van der Waals surface area contributed by atoms with Crippen LogP contribution in [0.4, 0.5) is 0 Å². The summed E-state index contributed by atoms with van der Waals surface area (Å²) in [5, 5.41) is 6.71. The number of guanidine groups is 1. The highest BCUT2D eigenvalue weighted by Crippen LogP contribution is 2.49. The van der Waals surface area contributed by atoms with Crippen LogP contribution in [0, 0.1) is 0 Å². The van der Waals surface area contributed by atoms with Gasteiger partial charge in [-0.2, -0.15) is 0 Å². The van der Waals surface area contributed by atoms with Gasteiger partial charge in [0, 0.05) is 36.6 Å². The molecule has 0 spiro atoms. The lowest BCUT2D eigenvalue weighted by Crippen LogP contribution is -2.42. The largest absolute Gasteiger partial charge is 0.380 e. The van der Waals surface area contributed by atoms with Crippen LogP contribution >= 0.6 is 15.9 Å². The number of hydrogen-bond donors (Lipinski definition) is 2. The van der Waals surface area contributed by atoms with Gasteiger partial charge in [-0.25, -0.2) is 0 Å². The summed E-state index contributed by atoms with van der Waals surface area (Å²) in [6.07, 6.45) is 2.44. The van der Waals surface area contributed by atoms with Gasteiger partial charge in [-0.15, -0.1) is 0 Å². The number of ether oxygens (including phenoxy) is 1. The smallest absolute Gasteiger partial charge is 0.191 e. The summed E-state index contributed by atoms with van der Waals surface area (Å²) in [6, 6.07) is 8.50. The molecule has 1 aromatic rings. The van der Waals surface area contributed by atoms with Crippen molar-refractivity contribution in [1.82, 2.24) is 10.6 Å². The number of rotatable bonds is 7. The summed E-state index contributed by atoms with van der Waals surface area (Å²) in [4.78, 5) is 4.26. The van der Waals surface area contributed by atoms with E-state index in [1.807, 2.05) is 6.92 Å². The number of aliphatic imine (C=N–C) groups is 1. The zero-order valence-corrected chi connectivity index (χ0v) is 14.4. The summed E-state index contributed by atoms with van der Waals surface area (Å²) in [5.41, 5.74) is 1.64. The van der Waals surface area contributed by atoms with E-state index in [0.717, 1.165) is 25.7 Å². The van der Waals surface area contributed by atoms with Crippen molar-refractivity contribution in [3.05, 3.63) is 34.3 Å². The van der Waals surface area contributed by atoms with E-state index < -0.39 is 0 Å². The Morgan fingerprint density at radius 2 is 2.10 bits per heavy atom. The van der Waals surface area contributed by atoms with Crippen LogP contribution in [0.1, 0.15) is 25.3 Å². The molecule has 2 N–H and O–H groups in total. The highest BCUT2D eigenvalue weighted by atomic mass is 79.9. The molecule has 0 amide bonds. The Kier molecular flexibility index (Phi) is 6.06. The van der Waals surface area contributed by atoms with Crippen molar-refractivity contribution in [2.24, 2.45) is 4.99 Å². The predicted molar refractivity (Wildman–Crippen MR) is 90.9 cm³/mol. The Balaban J connectivity index is 1.85. The molecule has 0 atom stereocenters. The van der Waals surface area contributed by atoms with Gasteiger partial charge in [-0.1, -0.05) is 34.1 Å².